The third-order valence-corrected chi connectivity index (χ3v) is 5.05. The van der Waals surface area contributed by atoms with E-state index >= 15 is 0 Å². The van der Waals surface area contributed by atoms with Crippen molar-refractivity contribution in [3.8, 4) is 5.75 Å². The second-order valence-electron chi connectivity index (χ2n) is 8.08. The van der Waals surface area contributed by atoms with E-state index in [0.29, 0.717) is 19.5 Å². The zero-order chi connectivity index (χ0) is 19.1. The summed E-state index contributed by atoms with van der Waals surface area (Å²) in [4.78, 5) is 26.4. The lowest BCUT2D eigenvalue weighted by molar-refractivity contribution is -0.132. The van der Waals surface area contributed by atoms with Crippen LogP contribution in [0.5, 0.6) is 5.75 Å². The number of benzene rings is 1. The standard InChI is InChI=1S/C20H27N3O3/c1-20(2,3)23-12-14(9-18(23)25)19(26)21-8-7-13-11-22(4)17-6-5-15(24)10-16(13)17/h5-6,10-11,14,24H,7-9,12H2,1-4H3,(H,21,26). The summed E-state index contributed by atoms with van der Waals surface area (Å²) < 4.78 is 2.02. The van der Waals surface area contributed by atoms with Crippen LogP contribution in [0.4, 0.5) is 0 Å². The molecule has 0 spiro atoms. The molecule has 1 fully saturated rings. The lowest BCUT2D eigenvalue weighted by atomic mass is 10.1. The maximum Gasteiger partial charge on any atom is 0.225 e. The number of aryl methyl sites for hydroxylation is 1. The molecule has 0 bridgehead atoms. The van der Waals surface area contributed by atoms with Crippen LogP contribution in [0.25, 0.3) is 10.9 Å². The zero-order valence-corrected chi connectivity index (χ0v) is 15.9. The highest BCUT2D eigenvalue weighted by molar-refractivity contribution is 5.89. The molecule has 0 saturated carbocycles. The molecule has 3 rings (SSSR count). The number of hydrogen-bond acceptors (Lipinski definition) is 3. The smallest absolute Gasteiger partial charge is 0.225 e. The third-order valence-electron chi connectivity index (χ3n) is 5.05. The summed E-state index contributed by atoms with van der Waals surface area (Å²) >= 11 is 0. The van der Waals surface area contributed by atoms with Crippen molar-refractivity contribution in [2.45, 2.75) is 39.2 Å². The van der Waals surface area contributed by atoms with Gasteiger partial charge in [-0.25, -0.2) is 0 Å². The van der Waals surface area contributed by atoms with Crippen molar-refractivity contribution in [2.75, 3.05) is 13.1 Å². The summed E-state index contributed by atoms with van der Waals surface area (Å²) in [5, 5.41) is 13.7. The Hall–Kier alpha value is -2.50. The second kappa shape index (κ2) is 6.67. The number of rotatable bonds is 4. The van der Waals surface area contributed by atoms with E-state index in [1.807, 2.05) is 44.6 Å². The highest BCUT2D eigenvalue weighted by Gasteiger charge is 2.39. The number of hydrogen-bond donors (Lipinski definition) is 2. The largest absolute Gasteiger partial charge is 0.508 e. The fourth-order valence-corrected chi connectivity index (χ4v) is 3.66. The minimum absolute atomic E-state index is 0.0437. The first kappa shape index (κ1) is 18.3. The summed E-state index contributed by atoms with van der Waals surface area (Å²) in [5.74, 6) is -0.0608. The molecule has 1 aliphatic heterocycles. The normalized spacial score (nSPS) is 17.9. The molecule has 1 saturated heterocycles. The number of nitrogens with zero attached hydrogens (tertiary/aromatic N) is 2. The van der Waals surface area contributed by atoms with Crippen LogP contribution in [-0.4, -0.2) is 45.0 Å². The van der Waals surface area contributed by atoms with E-state index in [2.05, 4.69) is 5.32 Å². The molecule has 2 aromatic rings. The number of phenolic OH excluding ortho intramolecular Hbond substituents is 1. The third kappa shape index (κ3) is 3.54. The molecule has 1 aromatic carbocycles. The molecule has 0 aliphatic carbocycles. The van der Waals surface area contributed by atoms with E-state index in [-0.39, 0.29) is 35.4 Å². The fourth-order valence-electron chi connectivity index (χ4n) is 3.66. The Bertz CT molecular complexity index is 848. The van der Waals surface area contributed by atoms with Crippen LogP contribution < -0.4 is 5.32 Å². The van der Waals surface area contributed by atoms with Crippen LogP contribution in [-0.2, 0) is 23.1 Å². The van der Waals surface area contributed by atoms with Crippen LogP contribution >= 0.6 is 0 Å². The molecule has 6 heteroatoms. The fraction of sp³-hybridized carbons (Fsp3) is 0.500. The molecule has 140 valence electrons. The first-order valence-corrected chi connectivity index (χ1v) is 9.02. The molecule has 2 heterocycles. The van der Waals surface area contributed by atoms with Crippen molar-refractivity contribution in [3.05, 3.63) is 30.0 Å². The molecule has 26 heavy (non-hydrogen) atoms. The number of amides is 2. The Morgan fingerprint density at radius 3 is 2.73 bits per heavy atom. The highest BCUT2D eigenvalue weighted by atomic mass is 16.3. The van der Waals surface area contributed by atoms with Gasteiger partial charge in [0.15, 0.2) is 0 Å². The van der Waals surface area contributed by atoms with E-state index in [9.17, 15) is 14.7 Å². The Balaban J connectivity index is 1.60. The van der Waals surface area contributed by atoms with Crippen molar-refractivity contribution in [1.82, 2.24) is 14.8 Å². The minimum Gasteiger partial charge on any atom is -0.508 e. The Morgan fingerprint density at radius 2 is 2.08 bits per heavy atom. The zero-order valence-electron chi connectivity index (χ0n) is 15.9. The lowest BCUT2D eigenvalue weighted by Gasteiger charge is -2.31. The van der Waals surface area contributed by atoms with Gasteiger partial charge in [0.1, 0.15) is 5.75 Å². The molecule has 0 radical (unpaired) electrons. The van der Waals surface area contributed by atoms with Crippen molar-refractivity contribution in [3.63, 3.8) is 0 Å². The van der Waals surface area contributed by atoms with Gasteiger partial charge in [-0.15, -0.1) is 0 Å². The quantitative estimate of drug-likeness (QED) is 0.881. The van der Waals surface area contributed by atoms with Gasteiger partial charge in [0.05, 0.1) is 5.92 Å². The molecule has 2 N–H and O–H groups in total. The molecule has 1 unspecified atom stereocenters. The van der Waals surface area contributed by atoms with E-state index in [1.54, 1.807) is 17.0 Å². The van der Waals surface area contributed by atoms with Crippen molar-refractivity contribution >= 4 is 22.7 Å². The topological polar surface area (TPSA) is 74.6 Å². The predicted octanol–water partition coefficient (Wildman–Crippen LogP) is 2.19. The maximum atomic E-state index is 12.4. The minimum atomic E-state index is -0.279. The molecule has 2 amide bonds. The number of fused-ring (bicyclic) bond motifs is 1. The van der Waals surface area contributed by atoms with E-state index in [0.717, 1.165) is 16.5 Å². The summed E-state index contributed by atoms with van der Waals surface area (Å²) in [5.41, 5.74) is 1.88. The van der Waals surface area contributed by atoms with Crippen LogP contribution in [0, 0.1) is 5.92 Å². The molecule has 6 nitrogen and oxygen atoms in total. The number of carbonyl (C=O) groups excluding carboxylic acids is 2. The van der Waals surface area contributed by atoms with Gasteiger partial charge in [-0.1, -0.05) is 0 Å². The van der Waals surface area contributed by atoms with Crippen molar-refractivity contribution < 1.29 is 14.7 Å². The first-order chi connectivity index (χ1) is 12.2. The summed E-state index contributed by atoms with van der Waals surface area (Å²) in [7, 11) is 1.96. The van der Waals surface area contributed by atoms with E-state index < -0.39 is 0 Å². The molecule has 1 aliphatic rings. The van der Waals surface area contributed by atoms with Gasteiger partial charge in [0, 0.05) is 49.2 Å². The van der Waals surface area contributed by atoms with Gasteiger partial charge < -0.3 is 19.9 Å². The Kier molecular flexibility index (Phi) is 4.69. The monoisotopic (exact) mass is 357 g/mol. The van der Waals surface area contributed by atoms with Gasteiger partial charge in [-0.2, -0.15) is 0 Å². The SMILES string of the molecule is Cn1cc(CCNC(=O)C2CC(=O)N(C(C)(C)C)C2)c2cc(O)ccc21. The van der Waals surface area contributed by atoms with E-state index in [4.69, 9.17) is 0 Å². The van der Waals surface area contributed by atoms with Crippen LogP contribution in [0.15, 0.2) is 24.4 Å². The first-order valence-electron chi connectivity index (χ1n) is 9.02. The number of phenols is 1. The number of nitrogens with one attached hydrogen (secondary N) is 1. The van der Waals surface area contributed by atoms with Crippen LogP contribution in [0.2, 0.25) is 0 Å². The highest BCUT2D eigenvalue weighted by Crippen LogP contribution is 2.27. The molecular weight excluding hydrogens is 330 g/mol. The maximum absolute atomic E-state index is 12.4. The van der Waals surface area contributed by atoms with Gasteiger partial charge in [-0.05, 0) is 51.0 Å². The van der Waals surface area contributed by atoms with Gasteiger partial charge in [0.2, 0.25) is 11.8 Å². The lowest BCUT2D eigenvalue weighted by Crippen LogP contribution is -2.43. The Labute approximate surface area is 153 Å². The molecule has 1 aromatic heterocycles. The summed E-state index contributed by atoms with van der Waals surface area (Å²) in [6.07, 6.45) is 2.98. The predicted molar refractivity (Wildman–Crippen MR) is 101 cm³/mol. The molecule has 1 atom stereocenters. The van der Waals surface area contributed by atoms with Gasteiger partial charge >= 0.3 is 0 Å². The Morgan fingerprint density at radius 1 is 1.35 bits per heavy atom. The number of carbonyl (C=O) groups is 2. The van der Waals surface area contributed by atoms with Gasteiger partial charge in [-0.3, -0.25) is 9.59 Å². The average molecular weight is 357 g/mol. The van der Waals surface area contributed by atoms with Crippen molar-refractivity contribution in [1.29, 1.82) is 0 Å². The second-order valence-corrected chi connectivity index (χ2v) is 8.08. The average Bonchev–Trinajstić information content (AvgIpc) is 3.08. The van der Waals surface area contributed by atoms with E-state index in [1.165, 1.54) is 0 Å². The van der Waals surface area contributed by atoms with Crippen LogP contribution in [0.3, 0.4) is 0 Å². The van der Waals surface area contributed by atoms with Crippen molar-refractivity contribution in [2.24, 2.45) is 13.0 Å². The summed E-state index contributed by atoms with van der Waals surface area (Å²) in [6, 6.07) is 5.31. The number of aromatic hydroxyl groups is 1. The van der Waals surface area contributed by atoms with Gasteiger partial charge in [0.25, 0.3) is 0 Å². The number of aromatic nitrogens is 1. The van der Waals surface area contributed by atoms with Crippen LogP contribution in [0.1, 0.15) is 32.8 Å². The number of likely N-dealkylation sites (tertiary alicyclic amines) is 1. The molecular formula is C20H27N3O3. The summed E-state index contributed by atoms with van der Waals surface area (Å²) in [6.45, 7) is 6.95.